The van der Waals surface area contributed by atoms with Crippen molar-refractivity contribution in [2.24, 2.45) is 5.92 Å². The van der Waals surface area contributed by atoms with Gasteiger partial charge in [-0.1, -0.05) is 31.2 Å². The summed E-state index contributed by atoms with van der Waals surface area (Å²) in [5.74, 6) is -0.217. The minimum absolute atomic E-state index is 0.135. The molecule has 0 bridgehead atoms. The van der Waals surface area contributed by atoms with Gasteiger partial charge in [0.2, 0.25) is 0 Å². The average Bonchev–Trinajstić information content (AvgIpc) is 2.93. The van der Waals surface area contributed by atoms with E-state index in [0.29, 0.717) is 24.1 Å². The van der Waals surface area contributed by atoms with E-state index in [1.807, 2.05) is 0 Å². The molecule has 1 aromatic carbocycles. The van der Waals surface area contributed by atoms with Crippen LogP contribution in [-0.2, 0) is 9.47 Å². The van der Waals surface area contributed by atoms with Crippen molar-refractivity contribution in [3.8, 4) is 0 Å². The Labute approximate surface area is 159 Å². The smallest absolute Gasteiger partial charge is 0.431 e. The van der Waals surface area contributed by atoms with Gasteiger partial charge in [0, 0.05) is 6.54 Å². The fraction of sp³-hybridized carbons (Fsp3) is 0.476. The van der Waals surface area contributed by atoms with Gasteiger partial charge in [0.15, 0.2) is 0 Å². The monoisotopic (exact) mass is 371 g/mol. The summed E-state index contributed by atoms with van der Waals surface area (Å²) in [5.41, 5.74) is 0.956. The van der Waals surface area contributed by atoms with Gasteiger partial charge < -0.3 is 9.47 Å². The van der Waals surface area contributed by atoms with Gasteiger partial charge in [0.25, 0.3) is 11.8 Å². The van der Waals surface area contributed by atoms with Crippen LogP contribution in [0.3, 0.4) is 0 Å². The van der Waals surface area contributed by atoms with E-state index in [1.54, 1.807) is 24.3 Å². The third-order valence-corrected chi connectivity index (χ3v) is 5.24. The molecule has 0 unspecified atom stereocenters. The third kappa shape index (κ3) is 4.38. The molecule has 1 heterocycles. The molecule has 144 valence electrons. The first-order valence-electron chi connectivity index (χ1n) is 9.51. The van der Waals surface area contributed by atoms with Crippen molar-refractivity contribution >= 4 is 18.0 Å². The van der Waals surface area contributed by atoms with Crippen molar-refractivity contribution in [2.75, 3.05) is 13.2 Å². The summed E-state index contributed by atoms with van der Waals surface area (Å²) in [4.78, 5) is 37.9. The highest BCUT2D eigenvalue weighted by atomic mass is 16.7. The van der Waals surface area contributed by atoms with Crippen molar-refractivity contribution < 1.29 is 23.9 Å². The van der Waals surface area contributed by atoms with Crippen LogP contribution in [0, 0.1) is 5.92 Å². The minimum atomic E-state index is -0.660. The van der Waals surface area contributed by atoms with E-state index >= 15 is 0 Å². The number of rotatable bonds is 7. The first kappa shape index (κ1) is 19.1. The van der Waals surface area contributed by atoms with E-state index < -0.39 is 6.16 Å². The van der Waals surface area contributed by atoms with E-state index in [9.17, 15) is 14.4 Å². The second-order valence-electron chi connectivity index (χ2n) is 7.00. The van der Waals surface area contributed by atoms with E-state index in [2.05, 4.69) is 6.58 Å². The molecule has 2 aliphatic rings. The van der Waals surface area contributed by atoms with Crippen LogP contribution in [0.5, 0.6) is 0 Å². The summed E-state index contributed by atoms with van der Waals surface area (Å²) >= 11 is 0. The molecule has 0 spiro atoms. The third-order valence-electron chi connectivity index (χ3n) is 5.24. The van der Waals surface area contributed by atoms with Gasteiger partial charge in [-0.05, 0) is 50.2 Å². The standard InChI is InChI=1S/C21H25NO5/c1-2-14-26-21(25)27-18-12-6-3-8-15(18)9-7-13-22-19(23)16-10-4-5-11-17(16)20(22)24/h2,4-5,10-11,15,18H,1,3,6-9,12-14H2/t15-,18-/m0/s1. The summed E-state index contributed by atoms with van der Waals surface area (Å²) in [6.45, 7) is 4.03. The van der Waals surface area contributed by atoms with Crippen LogP contribution in [-0.4, -0.2) is 42.1 Å². The van der Waals surface area contributed by atoms with Crippen molar-refractivity contribution in [3.05, 3.63) is 48.0 Å². The maximum atomic E-state index is 12.4. The van der Waals surface area contributed by atoms with Crippen molar-refractivity contribution in [1.29, 1.82) is 0 Å². The number of nitrogens with zero attached hydrogens (tertiary/aromatic N) is 1. The average molecular weight is 371 g/mol. The molecule has 27 heavy (non-hydrogen) atoms. The Morgan fingerprint density at radius 2 is 1.81 bits per heavy atom. The lowest BCUT2D eigenvalue weighted by Gasteiger charge is -2.31. The fourth-order valence-corrected chi connectivity index (χ4v) is 3.90. The zero-order chi connectivity index (χ0) is 19.2. The normalized spacial score (nSPS) is 21.7. The fourth-order valence-electron chi connectivity index (χ4n) is 3.90. The van der Waals surface area contributed by atoms with Gasteiger partial charge in [0.05, 0.1) is 11.1 Å². The number of imide groups is 1. The Morgan fingerprint density at radius 3 is 2.48 bits per heavy atom. The maximum absolute atomic E-state index is 12.4. The van der Waals surface area contributed by atoms with Crippen LogP contribution in [0.15, 0.2) is 36.9 Å². The Balaban J connectivity index is 1.51. The van der Waals surface area contributed by atoms with Crippen LogP contribution in [0.1, 0.15) is 59.2 Å². The maximum Gasteiger partial charge on any atom is 0.508 e. The van der Waals surface area contributed by atoms with Crippen LogP contribution < -0.4 is 0 Å². The summed E-state index contributed by atoms with van der Waals surface area (Å²) < 4.78 is 10.4. The lowest BCUT2D eigenvalue weighted by atomic mass is 9.83. The zero-order valence-corrected chi connectivity index (χ0v) is 15.4. The van der Waals surface area contributed by atoms with Crippen molar-refractivity contribution in [3.63, 3.8) is 0 Å². The lowest BCUT2D eigenvalue weighted by molar-refractivity contribution is -0.0106. The second kappa shape index (κ2) is 8.84. The molecule has 6 nitrogen and oxygen atoms in total. The number of fused-ring (bicyclic) bond motifs is 1. The number of ether oxygens (including phenoxy) is 2. The van der Waals surface area contributed by atoms with E-state index in [0.717, 1.165) is 32.1 Å². The Hall–Kier alpha value is -2.63. The molecule has 1 aromatic rings. The predicted octanol–water partition coefficient (Wildman–Crippen LogP) is 3.96. The molecule has 6 heteroatoms. The van der Waals surface area contributed by atoms with E-state index in [1.165, 1.54) is 11.0 Å². The summed E-state index contributed by atoms with van der Waals surface area (Å²) in [7, 11) is 0. The largest absolute Gasteiger partial charge is 0.508 e. The molecule has 0 N–H and O–H groups in total. The van der Waals surface area contributed by atoms with Crippen LogP contribution in [0.25, 0.3) is 0 Å². The van der Waals surface area contributed by atoms with E-state index in [-0.39, 0.29) is 30.4 Å². The highest BCUT2D eigenvalue weighted by Gasteiger charge is 2.35. The quantitative estimate of drug-likeness (QED) is 0.412. The number of carbonyl (C=O) groups is 3. The molecular weight excluding hydrogens is 346 g/mol. The number of carbonyl (C=O) groups excluding carboxylic acids is 3. The van der Waals surface area contributed by atoms with Crippen molar-refractivity contribution in [1.82, 2.24) is 4.90 Å². The Kier molecular flexibility index (Phi) is 6.27. The number of amides is 2. The molecule has 2 amide bonds. The first-order valence-corrected chi connectivity index (χ1v) is 9.51. The van der Waals surface area contributed by atoms with Gasteiger partial charge in [-0.3, -0.25) is 14.5 Å². The molecule has 2 atom stereocenters. The second-order valence-corrected chi connectivity index (χ2v) is 7.00. The van der Waals surface area contributed by atoms with Crippen LogP contribution in [0.4, 0.5) is 4.79 Å². The zero-order valence-electron chi connectivity index (χ0n) is 15.4. The summed E-state index contributed by atoms with van der Waals surface area (Å²) in [6, 6.07) is 6.91. The number of hydrogen-bond donors (Lipinski definition) is 0. The van der Waals surface area contributed by atoms with Gasteiger partial charge in [-0.15, -0.1) is 0 Å². The molecule has 1 saturated carbocycles. The number of hydrogen-bond acceptors (Lipinski definition) is 5. The summed E-state index contributed by atoms with van der Waals surface area (Å²) in [5, 5.41) is 0. The molecule has 0 saturated heterocycles. The highest BCUT2D eigenvalue weighted by Crippen LogP contribution is 2.31. The molecule has 3 rings (SSSR count). The summed E-state index contributed by atoms with van der Waals surface area (Å²) in [6.07, 6.45) is 6.08. The Morgan fingerprint density at radius 1 is 1.15 bits per heavy atom. The SMILES string of the molecule is C=CCOC(=O)O[C@H]1CCCC[C@H]1CCCN1C(=O)c2ccccc2C1=O. The van der Waals surface area contributed by atoms with Gasteiger partial charge >= 0.3 is 6.16 Å². The molecule has 0 aromatic heterocycles. The topological polar surface area (TPSA) is 72.9 Å². The Bertz CT molecular complexity index is 694. The molecule has 1 aliphatic heterocycles. The van der Waals surface area contributed by atoms with Crippen LogP contribution >= 0.6 is 0 Å². The van der Waals surface area contributed by atoms with Crippen molar-refractivity contribution in [2.45, 2.75) is 44.6 Å². The molecular formula is C21H25NO5. The van der Waals surface area contributed by atoms with E-state index in [4.69, 9.17) is 9.47 Å². The lowest BCUT2D eigenvalue weighted by Crippen LogP contribution is -2.33. The van der Waals surface area contributed by atoms with Gasteiger partial charge in [-0.25, -0.2) is 4.79 Å². The predicted molar refractivity (Wildman–Crippen MR) is 99.4 cm³/mol. The molecule has 0 radical (unpaired) electrons. The molecule has 1 fully saturated rings. The number of benzene rings is 1. The van der Waals surface area contributed by atoms with Gasteiger partial charge in [0.1, 0.15) is 12.7 Å². The first-order chi connectivity index (χ1) is 13.1. The minimum Gasteiger partial charge on any atom is -0.431 e. The highest BCUT2D eigenvalue weighted by molar-refractivity contribution is 6.21. The van der Waals surface area contributed by atoms with Gasteiger partial charge in [-0.2, -0.15) is 0 Å². The van der Waals surface area contributed by atoms with Crippen LogP contribution in [0.2, 0.25) is 0 Å². The molecule has 1 aliphatic carbocycles.